The first kappa shape index (κ1) is 20.3. The molecule has 0 aromatic carbocycles. The van der Waals surface area contributed by atoms with Gasteiger partial charge in [0.15, 0.2) is 0 Å². The summed E-state index contributed by atoms with van der Waals surface area (Å²) in [6, 6.07) is 0. The van der Waals surface area contributed by atoms with Gasteiger partial charge in [0.1, 0.15) is 5.82 Å². The zero-order valence-electron chi connectivity index (χ0n) is 17.8. The van der Waals surface area contributed by atoms with Crippen LogP contribution in [0.15, 0.2) is 6.20 Å². The smallest absolute Gasteiger partial charge is 0.237 e. The molecule has 29 heavy (non-hydrogen) atoms. The topological polar surface area (TPSA) is 69.6 Å². The normalized spacial score (nSPS) is 25.6. The summed E-state index contributed by atoms with van der Waals surface area (Å²) >= 11 is 0. The van der Waals surface area contributed by atoms with E-state index in [9.17, 15) is 9.59 Å². The van der Waals surface area contributed by atoms with Gasteiger partial charge in [0.05, 0.1) is 12.2 Å². The van der Waals surface area contributed by atoms with Crippen LogP contribution in [0.3, 0.4) is 0 Å². The van der Waals surface area contributed by atoms with Crippen LogP contribution in [0.1, 0.15) is 62.5 Å². The third-order valence-electron chi connectivity index (χ3n) is 6.64. The van der Waals surface area contributed by atoms with Crippen LogP contribution in [-0.2, 0) is 22.6 Å². The highest BCUT2D eigenvalue weighted by Crippen LogP contribution is 2.26. The number of aromatic nitrogens is 2. The summed E-state index contributed by atoms with van der Waals surface area (Å²) in [6.45, 7) is 9.39. The van der Waals surface area contributed by atoms with Gasteiger partial charge in [-0.2, -0.15) is 0 Å². The summed E-state index contributed by atoms with van der Waals surface area (Å²) in [4.78, 5) is 40.2. The van der Waals surface area contributed by atoms with Crippen LogP contribution in [0.2, 0.25) is 0 Å². The summed E-state index contributed by atoms with van der Waals surface area (Å²) < 4.78 is 0. The van der Waals surface area contributed by atoms with Crippen molar-refractivity contribution in [3.63, 3.8) is 0 Å². The van der Waals surface area contributed by atoms with Crippen LogP contribution in [0.25, 0.3) is 0 Å². The summed E-state index contributed by atoms with van der Waals surface area (Å²) in [6.07, 6.45) is 7.19. The Morgan fingerprint density at radius 3 is 2.72 bits per heavy atom. The van der Waals surface area contributed by atoms with Crippen molar-refractivity contribution in [2.75, 3.05) is 39.3 Å². The molecule has 2 saturated heterocycles. The lowest BCUT2D eigenvalue weighted by molar-refractivity contribution is -0.133. The molecule has 0 radical (unpaired) electrons. The fourth-order valence-corrected chi connectivity index (χ4v) is 4.94. The van der Waals surface area contributed by atoms with E-state index in [-0.39, 0.29) is 17.7 Å². The zero-order valence-corrected chi connectivity index (χ0v) is 17.8. The molecule has 0 spiro atoms. The number of nitrogens with zero attached hydrogens (tertiary/aromatic N) is 5. The van der Waals surface area contributed by atoms with E-state index < -0.39 is 0 Å². The average Bonchev–Trinajstić information content (AvgIpc) is 2.73. The van der Waals surface area contributed by atoms with Gasteiger partial charge in [-0.25, -0.2) is 9.97 Å². The number of carbonyl (C=O) groups is 2. The maximum Gasteiger partial charge on any atom is 0.237 e. The number of likely N-dealkylation sites (tertiary alicyclic amines) is 2. The fourth-order valence-electron chi connectivity index (χ4n) is 4.94. The molecule has 4 heterocycles. The van der Waals surface area contributed by atoms with Gasteiger partial charge in [-0.05, 0) is 38.1 Å². The van der Waals surface area contributed by atoms with E-state index in [1.807, 2.05) is 16.0 Å². The second-order valence-electron chi connectivity index (χ2n) is 9.05. The van der Waals surface area contributed by atoms with E-state index in [1.165, 1.54) is 12.8 Å². The zero-order chi connectivity index (χ0) is 20.4. The number of carbonyl (C=O) groups excluding carboxylic acids is 2. The molecule has 0 N–H and O–H groups in total. The molecule has 0 bridgehead atoms. The summed E-state index contributed by atoms with van der Waals surface area (Å²) in [5.41, 5.74) is 2.14. The van der Waals surface area contributed by atoms with E-state index in [2.05, 4.69) is 16.8 Å². The number of hydrogen-bond donors (Lipinski definition) is 0. The van der Waals surface area contributed by atoms with Crippen molar-refractivity contribution in [3.05, 3.63) is 23.3 Å². The molecule has 2 fully saturated rings. The Kier molecular flexibility index (Phi) is 6.13. The molecule has 1 aromatic rings. The van der Waals surface area contributed by atoms with Crippen molar-refractivity contribution < 1.29 is 9.59 Å². The second-order valence-corrected chi connectivity index (χ2v) is 9.05. The molecule has 7 nitrogen and oxygen atoms in total. The fraction of sp³-hybridized carbons (Fsp3) is 0.727. The first-order valence-electron chi connectivity index (χ1n) is 11.1. The molecule has 2 atom stereocenters. The molecule has 0 aliphatic carbocycles. The van der Waals surface area contributed by atoms with E-state index in [1.54, 1.807) is 6.92 Å². The summed E-state index contributed by atoms with van der Waals surface area (Å²) in [5, 5.41) is 0. The van der Waals surface area contributed by atoms with E-state index in [0.29, 0.717) is 25.6 Å². The van der Waals surface area contributed by atoms with Crippen molar-refractivity contribution in [2.45, 2.75) is 58.4 Å². The lowest BCUT2D eigenvalue weighted by atomic mass is 9.96. The lowest BCUT2D eigenvalue weighted by Crippen LogP contribution is -2.45. The number of hydrogen-bond acceptors (Lipinski definition) is 5. The Hall–Kier alpha value is -2.02. The van der Waals surface area contributed by atoms with Gasteiger partial charge in [0.2, 0.25) is 11.8 Å². The SMILES string of the molecule is CC(=O)N1CCC[C@H](c2ncc3c(n2)CCN(C(=O)CN2CCC[C@@H](C)C2)C3)C1. The van der Waals surface area contributed by atoms with Crippen LogP contribution in [0.5, 0.6) is 0 Å². The highest BCUT2D eigenvalue weighted by molar-refractivity contribution is 5.78. The molecule has 1 aromatic heterocycles. The Morgan fingerprint density at radius 2 is 1.93 bits per heavy atom. The number of fused-ring (bicyclic) bond motifs is 1. The van der Waals surface area contributed by atoms with Gasteiger partial charge < -0.3 is 9.80 Å². The van der Waals surface area contributed by atoms with Crippen LogP contribution in [0.4, 0.5) is 0 Å². The van der Waals surface area contributed by atoms with E-state index in [0.717, 1.165) is 62.5 Å². The molecule has 4 rings (SSSR count). The quantitative estimate of drug-likeness (QED) is 0.775. The van der Waals surface area contributed by atoms with Crippen molar-refractivity contribution in [1.29, 1.82) is 0 Å². The van der Waals surface area contributed by atoms with E-state index >= 15 is 0 Å². The standard InChI is InChI=1S/C22H33N5O2/c1-16-5-3-8-25(12-16)15-21(29)27-10-7-20-19(14-27)11-23-22(24-20)18-6-4-9-26(13-18)17(2)28/h11,16,18H,3-10,12-15H2,1-2H3/t16-,18+/m1/s1. The number of amides is 2. The lowest BCUT2D eigenvalue weighted by Gasteiger charge is -2.34. The van der Waals surface area contributed by atoms with Gasteiger partial charge in [-0.15, -0.1) is 0 Å². The minimum absolute atomic E-state index is 0.130. The van der Waals surface area contributed by atoms with Gasteiger partial charge in [0.25, 0.3) is 0 Å². The van der Waals surface area contributed by atoms with Crippen molar-refractivity contribution in [2.24, 2.45) is 5.92 Å². The predicted octanol–water partition coefficient (Wildman–Crippen LogP) is 1.82. The van der Waals surface area contributed by atoms with Crippen LogP contribution >= 0.6 is 0 Å². The largest absolute Gasteiger partial charge is 0.342 e. The Morgan fingerprint density at radius 1 is 1.10 bits per heavy atom. The molecule has 2 amide bonds. The average molecular weight is 400 g/mol. The van der Waals surface area contributed by atoms with Crippen molar-refractivity contribution in [1.82, 2.24) is 24.7 Å². The minimum atomic E-state index is 0.130. The van der Waals surface area contributed by atoms with Gasteiger partial charge in [-0.3, -0.25) is 14.5 Å². The first-order valence-corrected chi connectivity index (χ1v) is 11.1. The van der Waals surface area contributed by atoms with Crippen molar-refractivity contribution >= 4 is 11.8 Å². The summed E-state index contributed by atoms with van der Waals surface area (Å²) in [7, 11) is 0. The van der Waals surface area contributed by atoms with E-state index in [4.69, 9.17) is 4.98 Å². The number of rotatable bonds is 3. The predicted molar refractivity (Wildman–Crippen MR) is 110 cm³/mol. The van der Waals surface area contributed by atoms with Crippen molar-refractivity contribution in [3.8, 4) is 0 Å². The van der Waals surface area contributed by atoms with Crippen LogP contribution in [-0.4, -0.2) is 75.8 Å². The third kappa shape index (κ3) is 4.77. The van der Waals surface area contributed by atoms with Gasteiger partial charge >= 0.3 is 0 Å². The van der Waals surface area contributed by atoms with Gasteiger partial charge in [-0.1, -0.05) is 6.92 Å². The molecule has 0 unspecified atom stereocenters. The highest BCUT2D eigenvalue weighted by Gasteiger charge is 2.28. The Balaban J connectivity index is 1.38. The molecule has 158 valence electrons. The molecular weight excluding hydrogens is 366 g/mol. The molecule has 3 aliphatic rings. The highest BCUT2D eigenvalue weighted by atomic mass is 16.2. The Bertz CT molecular complexity index is 768. The minimum Gasteiger partial charge on any atom is -0.342 e. The second kappa shape index (κ2) is 8.78. The third-order valence-corrected chi connectivity index (χ3v) is 6.64. The first-order chi connectivity index (χ1) is 14.0. The maximum absolute atomic E-state index is 12.8. The van der Waals surface area contributed by atoms with Crippen LogP contribution < -0.4 is 0 Å². The molecule has 7 heteroatoms. The number of piperidine rings is 2. The maximum atomic E-state index is 12.8. The monoisotopic (exact) mass is 399 g/mol. The molecular formula is C22H33N5O2. The Labute approximate surface area is 173 Å². The van der Waals surface area contributed by atoms with Crippen LogP contribution in [0, 0.1) is 5.92 Å². The molecule has 3 aliphatic heterocycles. The summed E-state index contributed by atoms with van der Waals surface area (Å²) in [5.74, 6) is 2.11. The van der Waals surface area contributed by atoms with Gasteiger partial charge in [0, 0.05) is 63.7 Å². The molecule has 0 saturated carbocycles.